The van der Waals surface area contributed by atoms with Gasteiger partial charge >= 0.3 is 0 Å². The number of ether oxygens (including phenoxy) is 1. The van der Waals surface area contributed by atoms with Crippen molar-refractivity contribution in [3.05, 3.63) is 86.5 Å². The lowest BCUT2D eigenvalue weighted by Gasteiger charge is -2.20. The largest absolute Gasteiger partial charge is 0.380 e. The molecule has 3 heterocycles. The minimum absolute atomic E-state index is 0.153. The van der Waals surface area contributed by atoms with Crippen LogP contribution in [0.25, 0.3) is 22.3 Å². The number of allylic oxidation sites excluding steroid dienone is 4. The number of aromatic nitrogens is 4. The number of fused-ring (bicyclic) bond motifs is 4. The molecule has 0 spiro atoms. The third kappa shape index (κ3) is 3.02. The highest BCUT2D eigenvalue weighted by molar-refractivity contribution is 6.30. The third-order valence-electron chi connectivity index (χ3n) is 6.10. The molecule has 0 radical (unpaired) electrons. The molecular formula is C24H18ClN5O3. The summed E-state index contributed by atoms with van der Waals surface area (Å²) in [6, 6.07) is 9.13. The van der Waals surface area contributed by atoms with Crippen molar-refractivity contribution in [2.75, 3.05) is 18.6 Å². The quantitative estimate of drug-likeness (QED) is 0.504. The van der Waals surface area contributed by atoms with E-state index in [1.165, 1.54) is 0 Å². The van der Waals surface area contributed by atoms with E-state index in [4.69, 9.17) is 16.3 Å². The van der Waals surface area contributed by atoms with Gasteiger partial charge < -0.3 is 14.6 Å². The summed E-state index contributed by atoms with van der Waals surface area (Å²) in [5.41, 5.74) is 5.01. The first-order valence-corrected chi connectivity index (χ1v) is 10.8. The zero-order valence-electron chi connectivity index (χ0n) is 17.6. The molecule has 2 aliphatic rings. The molecule has 1 aliphatic carbocycles. The summed E-state index contributed by atoms with van der Waals surface area (Å²) in [7, 11) is 1.59. The minimum atomic E-state index is -0.371. The van der Waals surface area contributed by atoms with Crippen molar-refractivity contribution in [1.29, 1.82) is 0 Å². The van der Waals surface area contributed by atoms with Crippen molar-refractivity contribution in [3.63, 3.8) is 0 Å². The number of hydrogen-bond donors (Lipinski definition) is 1. The van der Waals surface area contributed by atoms with Gasteiger partial charge in [0.25, 0.3) is 11.5 Å². The van der Waals surface area contributed by atoms with Gasteiger partial charge in [-0.2, -0.15) is 0 Å². The summed E-state index contributed by atoms with van der Waals surface area (Å²) >= 11 is 6.13. The number of nitrogens with one attached hydrogen (secondary N) is 1. The Morgan fingerprint density at radius 3 is 2.85 bits per heavy atom. The number of anilines is 1. The van der Waals surface area contributed by atoms with Crippen LogP contribution in [0.3, 0.4) is 0 Å². The van der Waals surface area contributed by atoms with Gasteiger partial charge in [-0.1, -0.05) is 29.8 Å². The molecule has 1 amide bonds. The maximum Gasteiger partial charge on any atom is 0.294 e. The first kappa shape index (κ1) is 19.9. The Bertz CT molecular complexity index is 1600. The van der Waals surface area contributed by atoms with Crippen molar-refractivity contribution in [2.45, 2.75) is 13.0 Å². The normalized spacial score (nSPS) is 14.6. The predicted octanol–water partition coefficient (Wildman–Crippen LogP) is 3.53. The molecule has 8 nitrogen and oxygen atoms in total. The van der Waals surface area contributed by atoms with Crippen molar-refractivity contribution in [1.82, 2.24) is 19.6 Å². The molecule has 0 atom stereocenters. The van der Waals surface area contributed by atoms with Crippen molar-refractivity contribution >= 4 is 45.4 Å². The van der Waals surface area contributed by atoms with E-state index in [0.717, 1.165) is 23.2 Å². The van der Waals surface area contributed by atoms with E-state index in [2.05, 4.69) is 15.2 Å². The molecule has 4 aromatic rings. The van der Waals surface area contributed by atoms with Crippen LogP contribution in [0, 0.1) is 0 Å². The lowest BCUT2D eigenvalue weighted by Crippen LogP contribution is -2.30. The lowest BCUT2D eigenvalue weighted by molar-refractivity contribution is 0.0984. The van der Waals surface area contributed by atoms with Gasteiger partial charge in [-0.05, 0) is 47.9 Å². The SMILES string of the molecule is COCc1cc2c(cc1C(=O)N1CCc3cc(Cl)ccc31)[nH]c(=O)c1nnc(C3=CC=C3)n12. The molecular weight excluding hydrogens is 442 g/mol. The smallest absolute Gasteiger partial charge is 0.294 e. The fourth-order valence-corrected chi connectivity index (χ4v) is 4.68. The Labute approximate surface area is 192 Å². The second kappa shape index (κ2) is 7.40. The molecule has 2 aromatic heterocycles. The number of hydrogen-bond acceptors (Lipinski definition) is 5. The molecule has 0 fully saturated rings. The van der Waals surface area contributed by atoms with Gasteiger partial charge in [0, 0.05) is 35.5 Å². The summed E-state index contributed by atoms with van der Waals surface area (Å²) in [5, 5.41) is 8.94. The number of carbonyl (C=O) groups excluding carboxylic acids is 1. The number of H-pyrrole nitrogens is 1. The van der Waals surface area contributed by atoms with Crippen LogP contribution in [-0.4, -0.2) is 39.1 Å². The number of benzene rings is 2. The highest BCUT2D eigenvalue weighted by atomic mass is 35.5. The Hall–Kier alpha value is -3.75. The second-order valence-corrected chi connectivity index (χ2v) is 8.49. The zero-order valence-corrected chi connectivity index (χ0v) is 18.4. The van der Waals surface area contributed by atoms with E-state index >= 15 is 0 Å². The Morgan fingerprint density at radius 1 is 1.24 bits per heavy atom. The lowest BCUT2D eigenvalue weighted by atomic mass is 10.0. The first-order chi connectivity index (χ1) is 16.0. The number of aromatic amines is 1. The summed E-state index contributed by atoms with van der Waals surface area (Å²) < 4.78 is 7.15. The Morgan fingerprint density at radius 2 is 2.09 bits per heavy atom. The minimum Gasteiger partial charge on any atom is -0.380 e. The Kier molecular flexibility index (Phi) is 4.46. The van der Waals surface area contributed by atoms with E-state index in [1.807, 2.05) is 36.4 Å². The van der Waals surface area contributed by atoms with E-state index in [1.54, 1.807) is 28.5 Å². The standard InChI is InChI=1S/C24H18ClN5O3/c1-33-12-15-10-20-18(26-23(31)22-28-27-21(30(20)22)13-3-2-4-13)11-17(15)24(32)29-8-7-14-9-16(25)5-6-19(14)29/h2-6,9-11H,7-8,12H2,1H3,(H,26,31). The molecule has 0 bridgehead atoms. The molecule has 33 heavy (non-hydrogen) atoms. The van der Waals surface area contributed by atoms with Crippen LogP contribution in [0.1, 0.15) is 27.3 Å². The van der Waals surface area contributed by atoms with Crippen LogP contribution >= 0.6 is 11.6 Å². The number of rotatable bonds is 4. The number of amides is 1. The topological polar surface area (TPSA) is 92.6 Å². The molecule has 6 rings (SSSR count). The summed E-state index contributed by atoms with van der Waals surface area (Å²) in [6.45, 7) is 0.795. The van der Waals surface area contributed by atoms with E-state index in [0.29, 0.717) is 39.6 Å². The fraction of sp³-hybridized carbons (Fsp3) is 0.167. The van der Waals surface area contributed by atoms with Crippen LogP contribution in [0.15, 0.2) is 53.4 Å². The van der Waals surface area contributed by atoms with Crippen LogP contribution in [-0.2, 0) is 17.8 Å². The number of carbonyl (C=O) groups is 1. The molecule has 0 saturated carbocycles. The van der Waals surface area contributed by atoms with Crippen molar-refractivity contribution < 1.29 is 9.53 Å². The van der Waals surface area contributed by atoms with Gasteiger partial charge in [0.1, 0.15) is 0 Å². The number of methoxy groups -OCH3 is 1. The molecule has 0 unspecified atom stereocenters. The van der Waals surface area contributed by atoms with Crippen LogP contribution in [0.4, 0.5) is 5.69 Å². The average Bonchev–Trinajstić information content (AvgIpc) is 3.37. The van der Waals surface area contributed by atoms with Gasteiger partial charge in [0.05, 0.1) is 17.6 Å². The third-order valence-corrected chi connectivity index (χ3v) is 6.33. The predicted molar refractivity (Wildman–Crippen MR) is 126 cm³/mol. The number of nitrogens with zero attached hydrogens (tertiary/aromatic N) is 4. The van der Waals surface area contributed by atoms with E-state index < -0.39 is 0 Å². The highest BCUT2D eigenvalue weighted by Crippen LogP contribution is 2.33. The van der Waals surface area contributed by atoms with E-state index in [9.17, 15) is 9.59 Å². The van der Waals surface area contributed by atoms with Crippen molar-refractivity contribution in [2.24, 2.45) is 0 Å². The highest BCUT2D eigenvalue weighted by Gasteiger charge is 2.28. The second-order valence-electron chi connectivity index (χ2n) is 8.06. The zero-order chi connectivity index (χ0) is 22.7. The van der Waals surface area contributed by atoms with Crippen molar-refractivity contribution in [3.8, 4) is 0 Å². The molecule has 0 saturated heterocycles. The summed E-state index contributed by atoms with van der Waals surface area (Å²) in [4.78, 5) is 31.0. The fourth-order valence-electron chi connectivity index (χ4n) is 4.48. The van der Waals surface area contributed by atoms with Gasteiger partial charge in [-0.25, -0.2) is 0 Å². The molecule has 2 aromatic carbocycles. The molecule has 164 valence electrons. The summed E-state index contributed by atoms with van der Waals surface area (Å²) in [6.07, 6.45) is 6.46. The van der Waals surface area contributed by atoms with Gasteiger partial charge in [-0.15, -0.1) is 10.2 Å². The first-order valence-electron chi connectivity index (χ1n) is 10.5. The molecule has 1 N–H and O–H groups in total. The maximum absolute atomic E-state index is 13.7. The van der Waals surface area contributed by atoms with Crippen LogP contribution in [0.5, 0.6) is 0 Å². The number of halogens is 1. The van der Waals surface area contributed by atoms with Crippen LogP contribution in [0.2, 0.25) is 5.02 Å². The van der Waals surface area contributed by atoms with Crippen LogP contribution < -0.4 is 10.5 Å². The van der Waals surface area contributed by atoms with Gasteiger partial charge in [-0.3, -0.25) is 14.0 Å². The molecule has 1 aliphatic heterocycles. The van der Waals surface area contributed by atoms with E-state index in [-0.39, 0.29) is 23.7 Å². The summed E-state index contributed by atoms with van der Waals surface area (Å²) in [5.74, 6) is 0.427. The monoisotopic (exact) mass is 459 g/mol. The Balaban J connectivity index is 1.54. The maximum atomic E-state index is 13.7. The molecule has 9 heteroatoms. The van der Waals surface area contributed by atoms with Gasteiger partial charge in [0.2, 0.25) is 5.65 Å². The average molecular weight is 460 g/mol. The van der Waals surface area contributed by atoms with Gasteiger partial charge in [0.15, 0.2) is 5.82 Å².